The molecule has 3 aromatic carbocycles. The highest BCUT2D eigenvalue weighted by Gasteiger charge is 2.39. The SMILES string of the molecule is Cc1ccc(C)c2c1N[C@@H](c1cccc3ccccc13)[C@H]1CC=C[C@@H]21. The molecule has 1 heterocycles. The molecular weight excluding hydrogens is 302 g/mol. The van der Waals surface area contributed by atoms with Crippen molar-refractivity contribution in [2.24, 2.45) is 5.92 Å². The Hall–Kier alpha value is -2.54. The van der Waals surface area contributed by atoms with Crippen LogP contribution in [-0.4, -0.2) is 0 Å². The molecule has 0 saturated heterocycles. The van der Waals surface area contributed by atoms with E-state index in [1.54, 1.807) is 0 Å². The molecule has 0 bridgehead atoms. The minimum Gasteiger partial charge on any atom is -0.377 e. The van der Waals surface area contributed by atoms with Gasteiger partial charge in [0, 0.05) is 11.6 Å². The summed E-state index contributed by atoms with van der Waals surface area (Å²) in [7, 11) is 0. The summed E-state index contributed by atoms with van der Waals surface area (Å²) in [4.78, 5) is 0. The molecular formula is C24H23N. The molecule has 0 spiro atoms. The van der Waals surface area contributed by atoms with Gasteiger partial charge in [-0.15, -0.1) is 0 Å². The zero-order valence-corrected chi connectivity index (χ0v) is 14.8. The molecule has 3 aromatic rings. The summed E-state index contributed by atoms with van der Waals surface area (Å²) in [5.41, 5.74) is 7.06. The Morgan fingerprint density at radius 3 is 2.60 bits per heavy atom. The van der Waals surface area contributed by atoms with E-state index in [1.165, 1.54) is 38.7 Å². The third kappa shape index (κ3) is 2.15. The fraction of sp³-hybridized carbons (Fsp3) is 0.250. The lowest BCUT2D eigenvalue weighted by Crippen LogP contribution is -2.30. The van der Waals surface area contributed by atoms with Crippen molar-refractivity contribution >= 4 is 16.5 Å². The third-order valence-corrected chi connectivity index (χ3v) is 6.10. The van der Waals surface area contributed by atoms with Gasteiger partial charge in [-0.2, -0.15) is 0 Å². The number of benzene rings is 3. The quantitative estimate of drug-likeness (QED) is 0.519. The summed E-state index contributed by atoms with van der Waals surface area (Å²) >= 11 is 0. The number of anilines is 1. The molecule has 5 rings (SSSR count). The molecule has 25 heavy (non-hydrogen) atoms. The summed E-state index contributed by atoms with van der Waals surface area (Å²) in [6, 6.07) is 20.4. The van der Waals surface area contributed by atoms with E-state index in [-0.39, 0.29) is 0 Å². The van der Waals surface area contributed by atoms with E-state index >= 15 is 0 Å². The number of hydrogen-bond donors (Lipinski definition) is 1. The van der Waals surface area contributed by atoms with Gasteiger partial charge >= 0.3 is 0 Å². The van der Waals surface area contributed by atoms with Gasteiger partial charge in [0.25, 0.3) is 0 Å². The van der Waals surface area contributed by atoms with Crippen molar-refractivity contribution in [3.63, 3.8) is 0 Å². The van der Waals surface area contributed by atoms with Crippen LogP contribution in [0.25, 0.3) is 10.8 Å². The fourth-order valence-corrected chi connectivity index (χ4v) is 4.87. The summed E-state index contributed by atoms with van der Waals surface area (Å²) < 4.78 is 0. The molecule has 0 amide bonds. The summed E-state index contributed by atoms with van der Waals surface area (Å²) in [6.07, 6.45) is 5.97. The first kappa shape index (κ1) is 14.8. The predicted octanol–water partition coefficient (Wildman–Crippen LogP) is 6.28. The third-order valence-electron chi connectivity index (χ3n) is 6.10. The van der Waals surface area contributed by atoms with Gasteiger partial charge in [-0.25, -0.2) is 0 Å². The number of rotatable bonds is 1. The highest BCUT2D eigenvalue weighted by atomic mass is 15.0. The van der Waals surface area contributed by atoms with Crippen molar-refractivity contribution in [3.05, 3.63) is 89.0 Å². The number of hydrogen-bond acceptors (Lipinski definition) is 1. The largest absolute Gasteiger partial charge is 0.377 e. The monoisotopic (exact) mass is 325 g/mol. The van der Waals surface area contributed by atoms with E-state index in [0.717, 1.165) is 6.42 Å². The summed E-state index contributed by atoms with van der Waals surface area (Å²) in [5, 5.41) is 6.65. The number of aryl methyl sites for hydroxylation is 2. The van der Waals surface area contributed by atoms with E-state index in [1.807, 2.05) is 0 Å². The zero-order valence-electron chi connectivity index (χ0n) is 14.8. The molecule has 1 aliphatic heterocycles. The van der Waals surface area contributed by atoms with E-state index in [9.17, 15) is 0 Å². The highest BCUT2D eigenvalue weighted by Crippen LogP contribution is 2.52. The van der Waals surface area contributed by atoms with Gasteiger partial charge < -0.3 is 5.32 Å². The first-order chi connectivity index (χ1) is 12.2. The number of nitrogens with one attached hydrogen (secondary N) is 1. The maximum Gasteiger partial charge on any atom is 0.0560 e. The lowest BCUT2D eigenvalue weighted by Gasteiger charge is -2.39. The van der Waals surface area contributed by atoms with Crippen LogP contribution in [0.2, 0.25) is 0 Å². The molecule has 1 nitrogen and oxygen atoms in total. The second-order valence-electron chi connectivity index (χ2n) is 7.53. The summed E-state index contributed by atoms with van der Waals surface area (Å²) in [5.74, 6) is 1.12. The van der Waals surface area contributed by atoms with Crippen LogP contribution in [0.5, 0.6) is 0 Å². The summed E-state index contributed by atoms with van der Waals surface area (Å²) in [6.45, 7) is 4.48. The Labute approximate surface area is 149 Å². The lowest BCUT2D eigenvalue weighted by molar-refractivity contribution is 0.426. The number of allylic oxidation sites excluding steroid dienone is 2. The minimum absolute atomic E-state index is 0.360. The van der Waals surface area contributed by atoms with Crippen LogP contribution in [-0.2, 0) is 0 Å². The van der Waals surface area contributed by atoms with Gasteiger partial charge in [-0.3, -0.25) is 0 Å². The van der Waals surface area contributed by atoms with Crippen LogP contribution in [0.15, 0.2) is 66.7 Å². The van der Waals surface area contributed by atoms with Crippen molar-refractivity contribution in [1.29, 1.82) is 0 Å². The molecule has 1 N–H and O–H groups in total. The minimum atomic E-state index is 0.360. The van der Waals surface area contributed by atoms with Crippen LogP contribution >= 0.6 is 0 Å². The molecule has 2 aliphatic rings. The van der Waals surface area contributed by atoms with E-state index in [4.69, 9.17) is 0 Å². The molecule has 3 atom stereocenters. The Kier molecular flexibility index (Phi) is 3.24. The molecule has 0 aromatic heterocycles. The van der Waals surface area contributed by atoms with Gasteiger partial charge in [0.1, 0.15) is 0 Å². The number of fused-ring (bicyclic) bond motifs is 4. The molecule has 1 heteroatoms. The highest BCUT2D eigenvalue weighted by molar-refractivity contribution is 5.87. The van der Waals surface area contributed by atoms with Gasteiger partial charge in [-0.1, -0.05) is 66.7 Å². The van der Waals surface area contributed by atoms with Gasteiger partial charge in [-0.05, 0) is 59.2 Å². The average molecular weight is 325 g/mol. The smallest absolute Gasteiger partial charge is 0.0560 e. The van der Waals surface area contributed by atoms with E-state index < -0.39 is 0 Å². The topological polar surface area (TPSA) is 12.0 Å². The Morgan fingerprint density at radius 2 is 1.68 bits per heavy atom. The van der Waals surface area contributed by atoms with Crippen molar-refractivity contribution in [2.75, 3.05) is 5.32 Å². The van der Waals surface area contributed by atoms with Crippen LogP contribution in [0.1, 0.15) is 40.6 Å². The predicted molar refractivity (Wildman–Crippen MR) is 106 cm³/mol. The zero-order chi connectivity index (χ0) is 17.0. The Bertz CT molecular complexity index is 993. The van der Waals surface area contributed by atoms with Crippen LogP contribution in [0.4, 0.5) is 5.69 Å². The molecule has 0 fully saturated rings. The van der Waals surface area contributed by atoms with Crippen molar-refractivity contribution in [3.8, 4) is 0 Å². The van der Waals surface area contributed by atoms with Crippen molar-refractivity contribution < 1.29 is 0 Å². The molecule has 1 aliphatic carbocycles. The fourth-order valence-electron chi connectivity index (χ4n) is 4.87. The second kappa shape index (κ2) is 5.49. The normalized spacial score (nSPS) is 24.0. The van der Waals surface area contributed by atoms with Gasteiger partial charge in [0.15, 0.2) is 0 Å². The standard InChI is InChI=1S/C24H23N/c1-15-13-14-16(2)23-22(15)19-10-6-12-21(19)24(25-23)20-11-5-8-17-7-3-4-9-18(17)20/h3-11,13-14,19,21,24-25H,12H2,1-2H3/t19-,21+,24+/m1/s1. The average Bonchev–Trinajstić information content (AvgIpc) is 3.13. The molecule has 0 unspecified atom stereocenters. The maximum atomic E-state index is 3.95. The maximum absolute atomic E-state index is 3.95. The Balaban J connectivity index is 1.72. The van der Waals surface area contributed by atoms with Crippen LogP contribution in [0, 0.1) is 19.8 Å². The Morgan fingerprint density at radius 1 is 0.880 bits per heavy atom. The van der Waals surface area contributed by atoms with Crippen molar-refractivity contribution in [2.45, 2.75) is 32.2 Å². The lowest BCUT2D eigenvalue weighted by atomic mass is 9.74. The van der Waals surface area contributed by atoms with Gasteiger partial charge in [0.2, 0.25) is 0 Å². The second-order valence-corrected chi connectivity index (χ2v) is 7.53. The van der Waals surface area contributed by atoms with E-state index in [0.29, 0.717) is 17.9 Å². The first-order valence-corrected chi connectivity index (χ1v) is 9.25. The van der Waals surface area contributed by atoms with E-state index in [2.05, 4.69) is 85.9 Å². The molecule has 0 radical (unpaired) electrons. The van der Waals surface area contributed by atoms with Crippen LogP contribution < -0.4 is 5.32 Å². The van der Waals surface area contributed by atoms with Gasteiger partial charge in [0.05, 0.1) is 6.04 Å². The van der Waals surface area contributed by atoms with Crippen molar-refractivity contribution in [1.82, 2.24) is 0 Å². The first-order valence-electron chi connectivity index (χ1n) is 9.25. The molecule has 124 valence electrons. The van der Waals surface area contributed by atoms with Crippen LogP contribution in [0.3, 0.4) is 0 Å². The molecule has 0 saturated carbocycles.